The molecule has 0 bridgehead atoms. The minimum absolute atomic E-state index is 0.843. The van der Waals surface area contributed by atoms with Crippen molar-refractivity contribution < 1.29 is 0 Å². The van der Waals surface area contributed by atoms with Crippen LogP contribution >= 0.6 is 15.9 Å². The first-order chi connectivity index (χ1) is 5.77. The molecule has 0 unspecified atom stereocenters. The molecule has 0 saturated heterocycles. The van der Waals surface area contributed by atoms with E-state index in [1.807, 2.05) is 20.3 Å². The molecule has 3 nitrogen and oxygen atoms in total. The summed E-state index contributed by atoms with van der Waals surface area (Å²) in [5, 5.41) is 6.05. The smallest absolute Gasteiger partial charge is 0.140 e. The number of anilines is 1. The van der Waals surface area contributed by atoms with Gasteiger partial charge in [0.25, 0.3) is 0 Å². The highest BCUT2D eigenvalue weighted by Gasteiger charge is 1.99. The molecule has 0 spiro atoms. The zero-order valence-corrected chi connectivity index (χ0v) is 8.77. The lowest BCUT2D eigenvalue weighted by atomic mass is 10.3. The van der Waals surface area contributed by atoms with Crippen molar-refractivity contribution in [2.75, 3.05) is 19.4 Å². The number of pyridine rings is 1. The summed E-state index contributed by atoms with van der Waals surface area (Å²) < 4.78 is 0.998. The summed E-state index contributed by atoms with van der Waals surface area (Å²) in [5.74, 6) is 0.870. The van der Waals surface area contributed by atoms with E-state index in [2.05, 4.69) is 37.6 Å². The Morgan fingerprint density at radius 3 is 2.75 bits per heavy atom. The molecule has 0 aromatic carbocycles. The average molecular weight is 230 g/mol. The van der Waals surface area contributed by atoms with E-state index in [1.54, 1.807) is 0 Å². The first kappa shape index (κ1) is 9.48. The summed E-state index contributed by atoms with van der Waals surface area (Å²) in [7, 11) is 3.77. The van der Waals surface area contributed by atoms with Crippen molar-refractivity contribution in [3.63, 3.8) is 0 Å². The predicted octanol–water partition coefficient (Wildman–Crippen LogP) is 1.61. The molecule has 1 heterocycles. The molecule has 1 aromatic heterocycles. The van der Waals surface area contributed by atoms with Crippen molar-refractivity contribution in [2.45, 2.75) is 6.54 Å². The van der Waals surface area contributed by atoms with Crippen LogP contribution in [0.3, 0.4) is 0 Å². The highest BCUT2D eigenvalue weighted by atomic mass is 79.9. The van der Waals surface area contributed by atoms with Crippen molar-refractivity contribution in [3.8, 4) is 0 Å². The van der Waals surface area contributed by atoms with E-state index in [9.17, 15) is 0 Å². The van der Waals surface area contributed by atoms with Crippen molar-refractivity contribution >= 4 is 21.7 Å². The highest BCUT2D eigenvalue weighted by Crippen LogP contribution is 2.19. The molecule has 1 aromatic rings. The van der Waals surface area contributed by atoms with E-state index in [1.165, 1.54) is 5.56 Å². The van der Waals surface area contributed by atoms with Gasteiger partial charge in [-0.05, 0) is 34.6 Å². The van der Waals surface area contributed by atoms with Crippen LogP contribution < -0.4 is 10.6 Å². The molecule has 0 fully saturated rings. The molecule has 0 saturated carbocycles. The van der Waals surface area contributed by atoms with Gasteiger partial charge in [-0.15, -0.1) is 0 Å². The first-order valence-corrected chi connectivity index (χ1v) is 4.54. The van der Waals surface area contributed by atoms with E-state index in [0.29, 0.717) is 0 Å². The van der Waals surface area contributed by atoms with Gasteiger partial charge in [0.05, 0.1) is 4.47 Å². The Hall–Kier alpha value is -0.610. The number of rotatable bonds is 3. The van der Waals surface area contributed by atoms with Crippen molar-refractivity contribution in [2.24, 2.45) is 0 Å². The van der Waals surface area contributed by atoms with Crippen LogP contribution in [0.25, 0.3) is 0 Å². The standard InChI is InChI=1S/C8H12BrN3/c1-10-4-6-3-7(9)8(11-2)12-5-6/h3,5,10H,4H2,1-2H3,(H,11,12). The van der Waals surface area contributed by atoms with Crippen LogP contribution in [-0.2, 0) is 6.54 Å². The summed E-state index contributed by atoms with van der Waals surface area (Å²) in [4.78, 5) is 4.22. The molecule has 2 N–H and O–H groups in total. The molecule has 66 valence electrons. The van der Waals surface area contributed by atoms with Gasteiger partial charge in [-0.1, -0.05) is 0 Å². The molecule has 0 aliphatic rings. The number of nitrogens with zero attached hydrogens (tertiary/aromatic N) is 1. The molecular formula is C8H12BrN3. The van der Waals surface area contributed by atoms with Crippen LogP contribution in [0.4, 0.5) is 5.82 Å². The van der Waals surface area contributed by atoms with E-state index >= 15 is 0 Å². The van der Waals surface area contributed by atoms with Gasteiger partial charge in [-0.2, -0.15) is 0 Å². The fourth-order valence-corrected chi connectivity index (χ4v) is 1.56. The van der Waals surface area contributed by atoms with Crippen molar-refractivity contribution in [1.82, 2.24) is 10.3 Å². The van der Waals surface area contributed by atoms with E-state index in [0.717, 1.165) is 16.8 Å². The van der Waals surface area contributed by atoms with Gasteiger partial charge < -0.3 is 10.6 Å². The number of aromatic nitrogens is 1. The third-order valence-corrected chi connectivity index (χ3v) is 2.12. The maximum Gasteiger partial charge on any atom is 0.140 e. The molecule has 4 heteroatoms. The monoisotopic (exact) mass is 229 g/mol. The maximum atomic E-state index is 4.22. The minimum Gasteiger partial charge on any atom is -0.372 e. The van der Waals surface area contributed by atoms with Gasteiger partial charge in [0.2, 0.25) is 0 Å². The van der Waals surface area contributed by atoms with Crippen molar-refractivity contribution in [3.05, 3.63) is 22.3 Å². The van der Waals surface area contributed by atoms with Gasteiger partial charge in [-0.25, -0.2) is 4.98 Å². The van der Waals surface area contributed by atoms with E-state index in [-0.39, 0.29) is 0 Å². The van der Waals surface area contributed by atoms with Gasteiger partial charge in [-0.3, -0.25) is 0 Å². The molecule has 1 rings (SSSR count). The number of hydrogen-bond donors (Lipinski definition) is 2. The third kappa shape index (κ3) is 2.19. The Kier molecular flexibility index (Phi) is 3.49. The molecule has 0 amide bonds. The fourth-order valence-electron chi connectivity index (χ4n) is 0.962. The third-order valence-electron chi connectivity index (χ3n) is 1.52. The van der Waals surface area contributed by atoms with Crippen LogP contribution in [0.2, 0.25) is 0 Å². The summed E-state index contributed by atoms with van der Waals surface area (Å²) >= 11 is 3.42. The summed E-state index contributed by atoms with van der Waals surface area (Å²) in [6, 6.07) is 2.05. The Labute approximate surface area is 80.7 Å². The van der Waals surface area contributed by atoms with Gasteiger partial charge in [0.1, 0.15) is 5.82 Å². The lowest BCUT2D eigenvalue weighted by molar-refractivity contribution is 0.813. The number of halogens is 1. The number of nitrogens with one attached hydrogen (secondary N) is 2. The predicted molar refractivity (Wildman–Crippen MR) is 54.2 cm³/mol. The SMILES string of the molecule is CNCc1cnc(NC)c(Br)c1. The summed E-state index contributed by atoms with van der Waals surface area (Å²) in [6.07, 6.45) is 1.85. The first-order valence-electron chi connectivity index (χ1n) is 3.74. The molecule has 0 atom stereocenters. The Balaban J connectivity index is 2.86. The summed E-state index contributed by atoms with van der Waals surface area (Å²) in [5.41, 5.74) is 1.17. The highest BCUT2D eigenvalue weighted by molar-refractivity contribution is 9.10. The van der Waals surface area contributed by atoms with Crippen LogP contribution in [0, 0.1) is 0 Å². The lowest BCUT2D eigenvalue weighted by Gasteiger charge is -2.04. The quantitative estimate of drug-likeness (QED) is 0.828. The normalized spacial score (nSPS) is 9.92. The second kappa shape index (κ2) is 4.42. The second-order valence-corrected chi connectivity index (χ2v) is 3.31. The van der Waals surface area contributed by atoms with E-state index < -0.39 is 0 Å². The molecule has 0 aliphatic carbocycles. The van der Waals surface area contributed by atoms with Crippen LogP contribution in [0.15, 0.2) is 16.7 Å². The maximum absolute atomic E-state index is 4.22. The lowest BCUT2D eigenvalue weighted by Crippen LogP contribution is -2.06. The molecular weight excluding hydrogens is 218 g/mol. The van der Waals surface area contributed by atoms with E-state index in [4.69, 9.17) is 0 Å². The van der Waals surface area contributed by atoms with Crippen LogP contribution in [0.5, 0.6) is 0 Å². The average Bonchev–Trinajstić information content (AvgIpc) is 2.05. The topological polar surface area (TPSA) is 37.0 Å². The molecule has 0 aliphatic heterocycles. The zero-order valence-electron chi connectivity index (χ0n) is 7.19. The Morgan fingerprint density at radius 2 is 2.25 bits per heavy atom. The Bertz CT molecular complexity index is 262. The van der Waals surface area contributed by atoms with Crippen molar-refractivity contribution in [1.29, 1.82) is 0 Å². The molecule has 0 radical (unpaired) electrons. The second-order valence-electron chi connectivity index (χ2n) is 2.45. The summed E-state index contributed by atoms with van der Waals surface area (Å²) in [6.45, 7) is 0.843. The van der Waals surface area contributed by atoms with Crippen LogP contribution in [-0.4, -0.2) is 19.1 Å². The minimum atomic E-state index is 0.843. The number of hydrogen-bond acceptors (Lipinski definition) is 3. The fraction of sp³-hybridized carbons (Fsp3) is 0.375. The van der Waals surface area contributed by atoms with Gasteiger partial charge >= 0.3 is 0 Å². The van der Waals surface area contributed by atoms with Gasteiger partial charge in [0.15, 0.2) is 0 Å². The largest absolute Gasteiger partial charge is 0.372 e. The van der Waals surface area contributed by atoms with Gasteiger partial charge in [0, 0.05) is 19.8 Å². The Morgan fingerprint density at radius 1 is 1.50 bits per heavy atom. The molecule has 12 heavy (non-hydrogen) atoms. The van der Waals surface area contributed by atoms with Crippen LogP contribution in [0.1, 0.15) is 5.56 Å². The zero-order chi connectivity index (χ0) is 8.97.